The van der Waals surface area contributed by atoms with Gasteiger partial charge in [-0.15, -0.1) is 0 Å². The van der Waals surface area contributed by atoms with Gasteiger partial charge in [-0.2, -0.15) is 11.8 Å². The maximum atomic E-state index is 3.52. The molecule has 0 aromatic carbocycles. The molecule has 0 fully saturated rings. The largest absolute Gasteiger partial charge is 0.315 e. The van der Waals surface area contributed by atoms with Gasteiger partial charge in [-0.1, -0.05) is 13.8 Å². The molecule has 0 aliphatic carbocycles. The number of rotatable bonds is 9. The summed E-state index contributed by atoms with van der Waals surface area (Å²) in [7, 11) is 2.25. The van der Waals surface area contributed by atoms with E-state index in [9.17, 15) is 0 Å². The highest BCUT2D eigenvalue weighted by Crippen LogP contribution is 2.09. The lowest BCUT2D eigenvalue weighted by Gasteiger charge is -2.32. The summed E-state index contributed by atoms with van der Waals surface area (Å²) >= 11 is 1.93. The molecule has 3 heteroatoms. The molecule has 0 aliphatic heterocycles. The van der Waals surface area contributed by atoms with Crippen molar-refractivity contribution in [2.45, 2.75) is 45.7 Å². The van der Waals surface area contributed by atoms with Gasteiger partial charge in [0.15, 0.2) is 0 Å². The monoisotopic (exact) mass is 232 g/mol. The third-order valence-corrected chi connectivity index (χ3v) is 3.77. The number of likely N-dealkylation sites (N-methyl/N-ethyl adjacent to an activating group) is 1. The third kappa shape index (κ3) is 6.44. The van der Waals surface area contributed by atoms with Gasteiger partial charge in [0.25, 0.3) is 0 Å². The molecule has 2 atom stereocenters. The van der Waals surface area contributed by atoms with E-state index in [0.717, 1.165) is 13.1 Å². The highest BCUT2D eigenvalue weighted by Gasteiger charge is 2.17. The fraction of sp³-hybridized carbons (Fsp3) is 1.00. The number of thioether (sulfide) groups is 1. The normalized spacial score (nSPS) is 15.6. The predicted molar refractivity (Wildman–Crippen MR) is 72.8 cm³/mol. The maximum absolute atomic E-state index is 3.52. The Morgan fingerprint density at radius 2 is 2.00 bits per heavy atom. The first-order valence-electron chi connectivity index (χ1n) is 6.08. The molecule has 0 bridgehead atoms. The van der Waals surface area contributed by atoms with Crippen LogP contribution in [0.5, 0.6) is 0 Å². The van der Waals surface area contributed by atoms with Crippen molar-refractivity contribution in [3.63, 3.8) is 0 Å². The van der Waals surface area contributed by atoms with Gasteiger partial charge < -0.3 is 5.32 Å². The highest BCUT2D eigenvalue weighted by atomic mass is 32.2. The zero-order valence-electron chi connectivity index (χ0n) is 11.0. The fourth-order valence-corrected chi connectivity index (χ4v) is 2.46. The molecule has 0 saturated heterocycles. The van der Waals surface area contributed by atoms with Crippen LogP contribution in [0.1, 0.15) is 33.6 Å². The molecule has 1 N–H and O–H groups in total. The zero-order valence-corrected chi connectivity index (χ0v) is 11.9. The summed E-state index contributed by atoms with van der Waals surface area (Å²) in [6.45, 7) is 9.08. The average Bonchev–Trinajstić information content (AvgIpc) is 2.24. The Labute approximate surface area is 100 Å². The van der Waals surface area contributed by atoms with Crippen LogP contribution < -0.4 is 5.32 Å². The van der Waals surface area contributed by atoms with Crippen molar-refractivity contribution >= 4 is 11.8 Å². The Morgan fingerprint density at radius 3 is 2.47 bits per heavy atom. The first-order valence-corrected chi connectivity index (χ1v) is 7.48. The van der Waals surface area contributed by atoms with Crippen LogP contribution >= 0.6 is 11.8 Å². The second kappa shape index (κ2) is 9.49. The van der Waals surface area contributed by atoms with E-state index in [2.05, 4.69) is 44.3 Å². The topological polar surface area (TPSA) is 15.3 Å². The van der Waals surface area contributed by atoms with Crippen molar-refractivity contribution < 1.29 is 0 Å². The van der Waals surface area contributed by atoms with E-state index in [0.29, 0.717) is 12.1 Å². The molecule has 0 aromatic rings. The van der Waals surface area contributed by atoms with E-state index in [1.165, 1.54) is 18.6 Å². The third-order valence-electron chi connectivity index (χ3n) is 2.96. The molecule has 92 valence electrons. The van der Waals surface area contributed by atoms with E-state index in [1.807, 2.05) is 11.8 Å². The fourth-order valence-electron chi connectivity index (χ4n) is 1.74. The Bertz CT molecular complexity index is 142. The molecular weight excluding hydrogens is 204 g/mol. The van der Waals surface area contributed by atoms with Crippen LogP contribution in [-0.4, -0.2) is 49.1 Å². The molecule has 0 radical (unpaired) electrons. The molecule has 2 nitrogen and oxygen atoms in total. The summed E-state index contributed by atoms with van der Waals surface area (Å²) in [5.74, 6) is 1.22. The Balaban J connectivity index is 3.91. The first kappa shape index (κ1) is 15.3. The summed E-state index contributed by atoms with van der Waals surface area (Å²) in [6.07, 6.45) is 4.63. The van der Waals surface area contributed by atoms with Crippen LogP contribution in [0, 0.1) is 0 Å². The first-order chi connectivity index (χ1) is 7.17. The molecule has 0 rings (SSSR count). The standard InChI is InChI=1S/C12H28N2S/c1-6-8-13-9-12(7-2)14(4)11(3)10-15-5/h11-13H,6-10H2,1-5H3. The highest BCUT2D eigenvalue weighted by molar-refractivity contribution is 7.98. The second-order valence-electron chi connectivity index (χ2n) is 4.24. The van der Waals surface area contributed by atoms with Gasteiger partial charge in [0, 0.05) is 24.4 Å². The summed E-state index contributed by atoms with van der Waals surface area (Å²) in [5, 5.41) is 3.52. The van der Waals surface area contributed by atoms with Gasteiger partial charge in [0.1, 0.15) is 0 Å². The summed E-state index contributed by atoms with van der Waals surface area (Å²) in [6, 6.07) is 1.35. The minimum absolute atomic E-state index is 0.674. The molecule has 0 heterocycles. The average molecular weight is 232 g/mol. The van der Waals surface area contributed by atoms with Crippen LogP contribution in [-0.2, 0) is 0 Å². The smallest absolute Gasteiger partial charge is 0.0218 e. The summed E-state index contributed by atoms with van der Waals surface area (Å²) in [4.78, 5) is 2.51. The molecule has 0 spiro atoms. The second-order valence-corrected chi connectivity index (χ2v) is 5.15. The van der Waals surface area contributed by atoms with Gasteiger partial charge in [-0.05, 0) is 39.6 Å². The lowest BCUT2D eigenvalue weighted by atomic mass is 10.1. The summed E-state index contributed by atoms with van der Waals surface area (Å²) < 4.78 is 0. The number of nitrogens with zero attached hydrogens (tertiary/aromatic N) is 1. The molecule has 0 saturated carbocycles. The van der Waals surface area contributed by atoms with Crippen LogP contribution in [0.25, 0.3) is 0 Å². The molecule has 0 aliphatic rings. The molecule has 2 unspecified atom stereocenters. The molecule has 0 aromatic heterocycles. The van der Waals surface area contributed by atoms with Crippen molar-refractivity contribution in [3.05, 3.63) is 0 Å². The van der Waals surface area contributed by atoms with E-state index in [1.54, 1.807) is 0 Å². The predicted octanol–water partition coefficient (Wildman–Crippen LogP) is 2.45. The van der Waals surface area contributed by atoms with E-state index >= 15 is 0 Å². The van der Waals surface area contributed by atoms with Crippen molar-refractivity contribution in [3.8, 4) is 0 Å². The molecular formula is C12H28N2S. The van der Waals surface area contributed by atoms with Gasteiger partial charge >= 0.3 is 0 Å². The van der Waals surface area contributed by atoms with Crippen LogP contribution in [0.3, 0.4) is 0 Å². The SMILES string of the molecule is CCCNCC(CC)N(C)C(C)CSC. The van der Waals surface area contributed by atoms with Gasteiger partial charge in [-0.25, -0.2) is 0 Å². The molecule has 15 heavy (non-hydrogen) atoms. The van der Waals surface area contributed by atoms with Crippen molar-refractivity contribution in [2.24, 2.45) is 0 Å². The lowest BCUT2D eigenvalue weighted by Crippen LogP contribution is -2.45. The van der Waals surface area contributed by atoms with E-state index in [-0.39, 0.29) is 0 Å². The van der Waals surface area contributed by atoms with Crippen molar-refractivity contribution in [2.75, 3.05) is 32.1 Å². The number of hydrogen-bond acceptors (Lipinski definition) is 3. The zero-order chi connectivity index (χ0) is 11.7. The Kier molecular flexibility index (Phi) is 9.66. The van der Waals surface area contributed by atoms with E-state index in [4.69, 9.17) is 0 Å². The molecule has 0 amide bonds. The van der Waals surface area contributed by atoms with Crippen molar-refractivity contribution in [1.82, 2.24) is 10.2 Å². The van der Waals surface area contributed by atoms with Crippen LogP contribution in [0.4, 0.5) is 0 Å². The Hall–Kier alpha value is 0.270. The van der Waals surface area contributed by atoms with Crippen LogP contribution in [0.2, 0.25) is 0 Å². The minimum Gasteiger partial charge on any atom is -0.315 e. The number of hydrogen-bond donors (Lipinski definition) is 1. The van der Waals surface area contributed by atoms with Crippen LogP contribution in [0.15, 0.2) is 0 Å². The van der Waals surface area contributed by atoms with E-state index < -0.39 is 0 Å². The van der Waals surface area contributed by atoms with Gasteiger partial charge in [-0.3, -0.25) is 4.90 Å². The number of nitrogens with one attached hydrogen (secondary N) is 1. The van der Waals surface area contributed by atoms with Gasteiger partial charge in [0.2, 0.25) is 0 Å². The quantitative estimate of drug-likeness (QED) is 0.615. The minimum atomic E-state index is 0.674. The Morgan fingerprint density at radius 1 is 1.33 bits per heavy atom. The maximum Gasteiger partial charge on any atom is 0.0218 e. The van der Waals surface area contributed by atoms with Crippen molar-refractivity contribution in [1.29, 1.82) is 0 Å². The van der Waals surface area contributed by atoms with Gasteiger partial charge in [0.05, 0.1) is 0 Å². The lowest BCUT2D eigenvalue weighted by molar-refractivity contribution is 0.189. The summed E-state index contributed by atoms with van der Waals surface area (Å²) in [5.41, 5.74) is 0.